The van der Waals surface area contributed by atoms with Crippen molar-refractivity contribution in [3.8, 4) is 0 Å². The second-order valence-corrected chi connectivity index (χ2v) is 6.11. The fourth-order valence-corrected chi connectivity index (χ4v) is 2.78. The first kappa shape index (κ1) is 13.5. The van der Waals surface area contributed by atoms with Crippen molar-refractivity contribution < 1.29 is 0 Å². The quantitative estimate of drug-likeness (QED) is 0.912. The first-order valence-corrected chi connectivity index (χ1v) is 7.60. The van der Waals surface area contributed by atoms with Gasteiger partial charge in [-0.25, -0.2) is 4.98 Å². The Morgan fingerprint density at radius 1 is 1.44 bits per heavy atom. The number of nitrogens with zero attached hydrogens (tertiary/aromatic N) is 3. The molecule has 0 fully saturated rings. The molecule has 0 spiro atoms. The molecule has 6 heteroatoms. The Morgan fingerprint density at radius 2 is 2.22 bits per heavy atom. The highest BCUT2D eigenvalue weighted by Crippen LogP contribution is 2.23. The summed E-state index contributed by atoms with van der Waals surface area (Å²) in [7, 11) is 0. The van der Waals surface area contributed by atoms with Gasteiger partial charge in [-0.05, 0) is 36.2 Å². The van der Waals surface area contributed by atoms with Crippen LogP contribution in [-0.2, 0) is 6.54 Å². The van der Waals surface area contributed by atoms with Crippen LogP contribution in [0, 0.1) is 13.8 Å². The van der Waals surface area contributed by atoms with E-state index in [2.05, 4.69) is 45.2 Å². The third kappa shape index (κ3) is 2.92. The molecule has 0 aliphatic rings. The highest BCUT2D eigenvalue weighted by Gasteiger charge is 2.10. The van der Waals surface area contributed by atoms with Crippen LogP contribution in [0.1, 0.15) is 29.6 Å². The molecule has 0 aromatic carbocycles. The maximum atomic E-state index is 4.50. The molecule has 0 aliphatic heterocycles. The number of anilines is 1. The molecule has 0 radical (unpaired) electrons. The zero-order chi connectivity index (χ0) is 13.1. The molecule has 4 nitrogen and oxygen atoms in total. The van der Waals surface area contributed by atoms with Crippen LogP contribution < -0.4 is 5.32 Å². The van der Waals surface area contributed by atoms with Crippen LogP contribution in [0.15, 0.2) is 10.7 Å². The average Bonchev–Trinajstić information content (AvgIpc) is 2.89. The van der Waals surface area contributed by atoms with Gasteiger partial charge in [0.2, 0.25) is 0 Å². The Kier molecular flexibility index (Phi) is 4.40. The first-order chi connectivity index (χ1) is 8.61. The minimum atomic E-state index is 0.781. The van der Waals surface area contributed by atoms with Gasteiger partial charge >= 0.3 is 0 Å². The van der Waals surface area contributed by atoms with Gasteiger partial charge in [0, 0.05) is 17.6 Å². The number of hydrogen-bond acceptors (Lipinski definition) is 4. The number of hydrogen-bond donors (Lipinski definition) is 1. The molecule has 0 aliphatic carbocycles. The summed E-state index contributed by atoms with van der Waals surface area (Å²) in [5.74, 6) is 0. The standard InChI is InChI=1S/C12H17BrN4S/c1-4-5-14-12-15-6-10(18-12)7-17-9(3)11(13)8(2)16-17/h6H,4-5,7H2,1-3H3,(H,14,15). The molecule has 2 aromatic heterocycles. The predicted molar refractivity (Wildman–Crippen MR) is 79.4 cm³/mol. The highest BCUT2D eigenvalue weighted by atomic mass is 79.9. The van der Waals surface area contributed by atoms with E-state index < -0.39 is 0 Å². The van der Waals surface area contributed by atoms with Crippen LogP contribution in [0.4, 0.5) is 5.13 Å². The number of rotatable bonds is 5. The molecule has 0 amide bonds. The molecule has 2 aromatic rings. The third-order valence-corrected chi connectivity index (χ3v) is 4.77. The topological polar surface area (TPSA) is 42.7 Å². The maximum absolute atomic E-state index is 4.50. The third-order valence-electron chi connectivity index (χ3n) is 2.68. The molecule has 1 N–H and O–H groups in total. The summed E-state index contributed by atoms with van der Waals surface area (Å²) in [5.41, 5.74) is 2.19. The van der Waals surface area contributed by atoms with Gasteiger partial charge in [-0.2, -0.15) is 5.10 Å². The summed E-state index contributed by atoms with van der Waals surface area (Å²) in [6.07, 6.45) is 3.03. The van der Waals surface area contributed by atoms with E-state index in [1.54, 1.807) is 11.3 Å². The Balaban J connectivity index is 2.09. The summed E-state index contributed by atoms with van der Waals surface area (Å²) in [6.45, 7) is 7.98. The molecule has 2 heterocycles. The smallest absolute Gasteiger partial charge is 0.182 e. The van der Waals surface area contributed by atoms with Crippen molar-refractivity contribution in [2.75, 3.05) is 11.9 Å². The first-order valence-electron chi connectivity index (χ1n) is 6.00. The van der Waals surface area contributed by atoms with E-state index in [9.17, 15) is 0 Å². The van der Waals surface area contributed by atoms with Gasteiger partial charge in [0.15, 0.2) is 5.13 Å². The number of aryl methyl sites for hydroxylation is 1. The summed E-state index contributed by atoms with van der Waals surface area (Å²) < 4.78 is 3.10. The molecule has 98 valence electrons. The van der Waals surface area contributed by atoms with Crippen LogP contribution in [0.25, 0.3) is 0 Å². The minimum Gasteiger partial charge on any atom is -0.362 e. The number of nitrogens with one attached hydrogen (secondary N) is 1. The van der Waals surface area contributed by atoms with E-state index in [1.165, 1.54) is 4.88 Å². The Bertz CT molecular complexity index is 532. The lowest BCUT2D eigenvalue weighted by atomic mass is 10.4. The number of aromatic nitrogens is 3. The van der Waals surface area contributed by atoms with Gasteiger partial charge in [0.05, 0.1) is 22.4 Å². The molecule has 2 rings (SSSR count). The highest BCUT2D eigenvalue weighted by molar-refractivity contribution is 9.10. The summed E-state index contributed by atoms with van der Waals surface area (Å²) >= 11 is 5.24. The van der Waals surface area contributed by atoms with Gasteiger partial charge in [-0.1, -0.05) is 6.92 Å². The number of thiazole rings is 1. The van der Waals surface area contributed by atoms with Gasteiger partial charge < -0.3 is 5.32 Å². The molecule has 0 saturated heterocycles. The van der Waals surface area contributed by atoms with Gasteiger partial charge in [0.1, 0.15) is 0 Å². The zero-order valence-electron chi connectivity index (χ0n) is 10.8. The van der Waals surface area contributed by atoms with Crippen LogP contribution in [0.2, 0.25) is 0 Å². The van der Waals surface area contributed by atoms with E-state index in [0.717, 1.165) is 40.5 Å². The lowest BCUT2D eigenvalue weighted by Gasteiger charge is -2.01. The lowest BCUT2D eigenvalue weighted by molar-refractivity contribution is 0.665. The average molecular weight is 329 g/mol. The van der Waals surface area contributed by atoms with Crippen LogP contribution >= 0.6 is 27.3 Å². The van der Waals surface area contributed by atoms with Crippen molar-refractivity contribution in [1.29, 1.82) is 0 Å². The molecular formula is C12H17BrN4S. The second kappa shape index (κ2) is 5.84. The molecule has 0 unspecified atom stereocenters. The Labute approximate surface area is 120 Å². The number of halogens is 1. The van der Waals surface area contributed by atoms with E-state index in [0.29, 0.717) is 0 Å². The molecule has 0 bridgehead atoms. The maximum Gasteiger partial charge on any atom is 0.182 e. The second-order valence-electron chi connectivity index (χ2n) is 4.20. The Morgan fingerprint density at radius 3 is 2.83 bits per heavy atom. The van der Waals surface area contributed by atoms with Gasteiger partial charge in [-0.15, -0.1) is 11.3 Å². The van der Waals surface area contributed by atoms with E-state index in [1.807, 2.05) is 17.8 Å². The van der Waals surface area contributed by atoms with Crippen LogP contribution in [-0.4, -0.2) is 21.3 Å². The summed E-state index contributed by atoms with van der Waals surface area (Å²) in [5, 5.41) is 8.80. The lowest BCUT2D eigenvalue weighted by Crippen LogP contribution is -2.02. The minimum absolute atomic E-state index is 0.781. The summed E-state index contributed by atoms with van der Waals surface area (Å²) in [6, 6.07) is 0. The fourth-order valence-electron chi connectivity index (χ4n) is 1.67. The van der Waals surface area contributed by atoms with Crippen molar-refractivity contribution in [2.45, 2.75) is 33.7 Å². The van der Waals surface area contributed by atoms with E-state index in [-0.39, 0.29) is 0 Å². The van der Waals surface area contributed by atoms with Crippen LogP contribution in [0.3, 0.4) is 0 Å². The van der Waals surface area contributed by atoms with Crippen molar-refractivity contribution in [2.24, 2.45) is 0 Å². The predicted octanol–water partition coefficient (Wildman–Crippen LogP) is 3.59. The SMILES string of the molecule is CCCNc1ncc(Cn2nc(C)c(Br)c2C)s1. The molecular weight excluding hydrogens is 312 g/mol. The monoisotopic (exact) mass is 328 g/mol. The van der Waals surface area contributed by atoms with Crippen molar-refractivity contribution in [1.82, 2.24) is 14.8 Å². The largest absolute Gasteiger partial charge is 0.362 e. The molecule has 18 heavy (non-hydrogen) atoms. The molecule has 0 atom stereocenters. The molecule has 0 saturated carbocycles. The van der Waals surface area contributed by atoms with Crippen molar-refractivity contribution in [3.05, 3.63) is 26.9 Å². The van der Waals surface area contributed by atoms with Crippen molar-refractivity contribution in [3.63, 3.8) is 0 Å². The van der Waals surface area contributed by atoms with E-state index in [4.69, 9.17) is 0 Å². The van der Waals surface area contributed by atoms with Crippen LogP contribution in [0.5, 0.6) is 0 Å². The van der Waals surface area contributed by atoms with Crippen molar-refractivity contribution >= 4 is 32.4 Å². The van der Waals surface area contributed by atoms with Gasteiger partial charge in [-0.3, -0.25) is 4.68 Å². The Hall–Kier alpha value is -0.880. The fraction of sp³-hybridized carbons (Fsp3) is 0.500. The normalized spacial score (nSPS) is 10.9. The van der Waals surface area contributed by atoms with Gasteiger partial charge in [0.25, 0.3) is 0 Å². The zero-order valence-corrected chi connectivity index (χ0v) is 13.2. The summed E-state index contributed by atoms with van der Waals surface area (Å²) in [4.78, 5) is 5.58. The van der Waals surface area contributed by atoms with E-state index >= 15 is 0 Å².